The number of nitrogens with zero attached hydrogens (tertiary/aromatic N) is 1. The Kier molecular flexibility index (Phi) is 4.72. The van der Waals surface area contributed by atoms with Crippen molar-refractivity contribution in [2.75, 3.05) is 7.11 Å². The molecule has 0 aliphatic carbocycles. The summed E-state index contributed by atoms with van der Waals surface area (Å²) in [4.78, 5) is 12.7. The number of allylic oxidation sites excluding steroid dienone is 1. The largest absolute Gasteiger partial charge is 0.496 e. The molecular weight excluding hydrogens is 338 g/mol. The monoisotopic (exact) mass is 347 g/mol. The van der Waals surface area contributed by atoms with E-state index < -0.39 is 0 Å². The van der Waals surface area contributed by atoms with Crippen molar-refractivity contribution in [3.63, 3.8) is 0 Å². The van der Waals surface area contributed by atoms with Gasteiger partial charge in [0.1, 0.15) is 17.4 Å². The number of methoxy groups -OCH3 is 1. The zero-order valence-electron chi connectivity index (χ0n) is 10.6. The van der Waals surface area contributed by atoms with Crippen LogP contribution in [0.3, 0.4) is 0 Å². The summed E-state index contributed by atoms with van der Waals surface area (Å²) in [6.45, 7) is 0. The van der Waals surface area contributed by atoms with Gasteiger partial charge in [0.2, 0.25) is 5.78 Å². The molecule has 20 heavy (non-hydrogen) atoms. The number of ketones is 1. The van der Waals surface area contributed by atoms with Gasteiger partial charge in [0.25, 0.3) is 0 Å². The average molecular weight is 348 g/mol. The summed E-state index contributed by atoms with van der Waals surface area (Å²) in [5.41, 5.74) is 0.878. The molecular formula is C15H10BrNO2S. The fourth-order valence-corrected chi connectivity index (χ4v) is 2.86. The molecule has 5 heteroatoms. The Morgan fingerprint density at radius 3 is 2.80 bits per heavy atom. The van der Waals surface area contributed by atoms with E-state index in [1.165, 1.54) is 11.3 Å². The highest BCUT2D eigenvalue weighted by atomic mass is 79.9. The number of carbonyl (C=O) groups is 1. The first-order valence-electron chi connectivity index (χ1n) is 5.69. The van der Waals surface area contributed by atoms with Crippen molar-refractivity contribution in [2.45, 2.75) is 0 Å². The van der Waals surface area contributed by atoms with Crippen LogP contribution in [0.1, 0.15) is 15.2 Å². The molecule has 0 bridgehead atoms. The maximum absolute atomic E-state index is 12.1. The summed E-state index contributed by atoms with van der Waals surface area (Å²) < 4.78 is 5.91. The minimum atomic E-state index is -0.255. The number of hydrogen-bond donors (Lipinski definition) is 0. The number of nitriles is 1. The van der Waals surface area contributed by atoms with Gasteiger partial charge in [-0.1, -0.05) is 12.1 Å². The first-order valence-corrected chi connectivity index (χ1v) is 7.36. The Bertz CT molecular complexity index is 699. The van der Waals surface area contributed by atoms with Gasteiger partial charge in [0.15, 0.2) is 0 Å². The molecule has 1 aromatic heterocycles. The van der Waals surface area contributed by atoms with Crippen molar-refractivity contribution >= 4 is 39.1 Å². The Hall–Kier alpha value is -1.90. The van der Waals surface area contributed by atoms with E-state index in [1.54, 1.807) is 43.5 Å². The van der Waals surface area contributed by atoms with E-state index in [2.05, 4.69) is 15.9 Å². The van der Waals surface area contributed by atoms with Crippen LogP contribution in [0.2, 0.25) is 0 Å². The van der Waals surface area contributed by atoms with Crippen LogP contribution in [0.15, 0.2) is 45.8 Å². The lowest BCUT2D eigenvalue weighted by Crippen LogP contribution is -1.99. The number of thiophene rings is 1. The lowest BCUT2D eigenvalue weighted by atomic mass is 10.1. The normalized spacial score (nSPS) is 10.9. The molecule has 0 aliphatic heterocycles. The van der Waals surface area contributed by atoms with Gasteiger partial charge in [-0.25, -0.2) is 0 Å². The summed E-state index contributed by atoms with van der Waals surface area (Å²) in [6, 6.07) is 10.8. The molecule has 0 spiro atoms. The van der Waals surface area contributed by atoms with E-state index in [-0.39, 0.29) is 11.4 Å². The van der Waals surface area contributed by atoms with Crippen LogP contribution < -0.4 is 4.74 Å². The molecule has 0 N–H and O–H groups in total. The van der Waals surface area contributed by atoms with Gasteiger partial charge in [-0.3, -0.25) is 4.79 Å². The second-order valence-corrected chi connectivity index (χ2v) is 5.67. The van der Waals surface area contributed by atoms with Gasteiger partial charge in [0, 0.05) is 0 Å². The number of hydrogen-bond acceptors (Lipinski definition) is 4. The first-order chi connectivity index (χ1) is 9.65. The zero-order chi connectivity index (χ0) is 14.5. The maximum atomic E-state index is 12.1. The van der Waals surface area contributed by atoms with E-state index in [9.17, 15) is 4.79 Å². The second-order valence-electron chi connectivity index (χ2n) is 3.87. The van der Waals surface area contributed by atoms with Gasteiger partial charge in [-0.15, -0.1) is 11.3 Å². The van der Waals surface area contributed by atoms with Gasteiger partial charge >= 0.3 is 0 Å². The molecule has 100 valence electrons. The summed E-state index contributed by atoms with van der Waals surface area (Å²) in [6.07, 6.45) is 1.58. The molecule has 0 fully saturated rings. The van der Waals surface area contributed by atoms with Crippen LogP contribution in [-0.2, 0) is 0 Å². The van der Waals surface area contributed by atoms with Crippen molar-refractivity contribution in [1.29, 1.82) is 5.26 Å². The van der Waals surface area contributed by atoms with E-state index in [0.717, 1.165) is 10.0 Å². The molecule has 2 rings (SSSR count). The quantitative estimate of drug-likeness (QED) is 0.470. The number of carbonyl (C=O) groups excluding carboxylic acids is 1. The van der Waals surface area contributed by atoms with E-state index in [1.807, 2.05) is 11.4 Å². The molecule has 0 saturated heterocycles. The minimum absolute atomic E-state index is 0.115. The summed E-state index contributed by atoms with van der Waals surface area (Å²) in [5, 5.41) is 11.0. The molecule has 1 aromatic carbocycles. The third-order valence-electron chi connectivity index (χ3n) is 2.60. The van der Waals surface area contributed by atoms with Gasteiger partial charge in [0.05, 0.1) is 16.5 Å². The lowest BCUT2D eigenvalue weighted by Gasteiger charge is -2.04. The predicted octanol–water partition coefficient (Wildman–Crippen LogP) is 4.31. The third kappa shape index (κ3) is 3.16. The number of ether oxygens (including phenoxy) is 1. The predicted molar refractivity (Wildman–Crippen MR) is 82.9 cm³/mol. The first kappa shape index (κ1) is 14.5. The van der Waals surface area contributed by atoms with E-state index in [0.29, 0.717) is 10.6 Å². The van der Waals surface area contributed by atoms with Crippen molar-refractivity contribution in [1.82, 2.24) is 0 Å². The Morgan fingerprint density at radius 2 is 2.25 bits per heavy atom. The molecule has 1 heterocycles. The smallest absolute Gasteiger partial charge is 0.213 e. The molecule has 3 nitrogen and oxygen atoms in total. The van der Waals surface area contributed by atoms with Crippen LogP contribution in [0.5, 0.6) is 5.75 Å². The number of halogens is 1. The SMILES string of the molecule is COc1ccc(/C=C(\C#N)C(=O)c2cccs2)cc1Br. The molecule has 0 amide bonds. The summed E-state index contributed by atoms with van der Waals surface area (Å²) >= 11 is 4.70. The van der Waals surface area contributed by atoms with Crippen LogP contribution in [0.25, 0.3) is 6.08 Å². The number of rotatable bonds is 4. The molecule has 0 aliphatic rings. The second kappa shape index (κ2) is 6.51. The van der Waals surface area contributed by atoms with Crippen LogP contribution in [-0.4, -0.2) is 12.9 Å². The Balaban J connectivity index is 2.35. The minimum Gasteiger partial charge on any atom is -0.496 e. The zero-order valence-corrected chi connectivity index (χ0v) is 13.0. The standard InChI is InChI=1S/C15H10BrNO2S/c1-19-13-5-4-10(8-12(13)16)7-11(9-17)15(18)14-3-2-6-20-14/h2-8H,1H3/b11-7+. The van der Waals surface area contributed by atoms with Crippen LogP contribution in [0.4, 0.5) is 0 Å². The summed E-state index contributed by atoms with van der Waals surface area (Å²) in [5.74, 6) is 0.444. The maximum Gasteiger partial charge on any atom is 0.213 e. The average Bonchev–Trinajstić information content (AvgIpc) is 2.98. The van der Waals surface area contributed by atoms with Crippen molar-refractivity contribution in [2.24, 2.45) is 0 Å². The Labute approximate surface area is 129 Å². The van der Waals surface area contributed by atoms with Crippen LogP contribution in [0, 0.1) is 11.3 Å². The highest BCUT2D eigenvalue weighted by Crippen LogP contribution is 2.27. The molecule has 0 unspecified atom stereocenters. The fourth-order valence-electron chi connectivity index (χ4n) is 1.63. The number of benzene rings is 1. The summed E-state index contributed by atoms with van der Waals surface area (Å²) in [7, 11) is 1.58. The van der Waals surface area contributed by atoms with Gasteiger partial charge < -0.3 is 4.74 Å². The topological polar surface area (TPSA) is 50.1 Å². The molecule has 0 atom stereocenters. The van der Waals surface area contributed by atoms with Crippen molar-refractivity contribution < 1.29 is 9.53 Å². The van der Waals surface area contributed by atoms with Crippen molar-refractivity contribution in [3.8, 4) is 11.8 Å². The Morgan fingerprint density at radius 1 is 1.45 bits per heavy atom. The highest BCUT2D eigenvalue weighted by Gasteiger charge is 2.13. The fraction of sp³-hybridized carbons (Fsp3) is 0.0667. The van der Waals surface area contributed by atoms with Gasteiger partial charge in [-0.2, -0.15) is 5.26 Å². The van der Waals surface area contributed by atoms with Gasteiger partial charge in [-0.05, 0) is 51.1 Å². The third-order valence-corrected chi connectivity index (χ3v) is 4.09. The lowest BCUT2D eigenvalue weighted by molar-refractivity contribution is 0.104. The molecule has 0 radical (unpaired) electrons. The van der Waals surface area contributed by atoms with Crippen LogP contribution >= 0.6 is 27.3 Å². The van der Waals surface area contributed by atoms with E-state index >= 15 is 0 Å². The highest BCUT2D eigenvalue weighted by molar-refractivity contribution is 9.10. The van der Waals surface area contributed by atoms with E-state index in [4.69, 9.17) is 10.00 Å². The molecule has 2 aromatic rings. The number of Topliss-reactive ketones (excluding diaryl/α,β-unsaturated/α-hetero) is 1. The van der Waals surface area contributed by atoms with Crippen molar-refractivity contribution in [3.05, 3.63) is 56.2 Å². The molecule has 0 saturated carbocycles.